The fourth-order valence-corrected chi connectivity index (χ4v) is 10.8. The Morgan fingerprint density at radius 1 is 0.818 bits per heavy atom. The van der Waals surface area contributed by atoms with Gasteiger partial charge in [-0.2, -0.15) is 12.7 Å². The van der Waals surface area contributed by atoms with Crippen molar-refractivity contribution >= 4 is 56.1 Å². The van der Waals surface area contributed by atoms with E-state index in [1.165, 1.54) is 12.3 Å². The predicted octanol–water partition coefficient (Wildman–Crippen LogP) is 6.21. The molecule has 14 nitrogen and oxygen atoms in total. The third-order valence-corrected chi connectivity index (χ3v) is 14.8. The van der Waals surface area contributed by atoms with Crippen molar-refractivity contribution in [2.24, 2.45) is 5.92 Å². The zero-order valence-electron chi connectivity index (χ0n) is 35.8. The van der Waals surface area contributed by atoms with E-state index in [4.69, 9.17) is 0 Å². The first-order valence-electron chi connectivity index (χ1n) is 22.1. The Bertz CT molecular complexity index is 2810. The molecule has 9 rings (SSSR count). The van der Waals surface area contributed by atoms with E-state index in [1.54, 1.807) is 24.4 Å². The van der Waals surface area contributed by atoms with E-state index in [2.05, 4.69) is 30.4 Å². The van der Waals surface area contributed by atoms with Crippen LogP contribution in [0.5, 0.6) is 0 Å². The summed E-state index contributed by atoms with van der Waals surface area (Å²) in [6.45, 7) is 4.02. The summed E-state index contributed by atoms with van der Waals surface area (Å²) >= 11 is 0. The number of benzene rings is 3. The Hall–Kier alpha value is -6.18. The molecule has 3 aromatic carbocycles. The number of imide groups is 1. The van der Waals surface area contributed by atoms with Crippen molar-refractivity contribution in [2.45, 2.75) is 63.1 Å². The number of pyridine rings is 1. The number of aromatic amines is 1. The minimum Gasteiger partial charge on any atom is -0.372 e. The smallest absolute Gasteiger partial charge is 0.301 e. The molecule has 2 atom stereocenters. The monoisotopic (exact) mass is 928 g/mol. The quantitative estimate of drug-likeness (QED) is 0.0644. The number of hydrogen-bond donors (Lipinski definition) is 4. The highest BCUT2D eigenvalue weighted by molar-refractivity contribution is 7.90. The maximum Gasteiger partial charge on any atom is 0.301 e. The van der Waals surface area contributed by atoms with Gasteiger partial charge in [0.1, 0.15) is 29.5 Å². The molecule has 346 valence electrons. The molecule has 66 heavy (non-hydrogen) atoms. The van der Waals surface area contributed by atoms with Gasteiger partial charge in [-0.3, -0.25) is 29.2 Å². The Balaban J connectivity index is 0.783. The molecule has 4 aliphatic heterocycles. The molecule has 0 spiro atoms. The number of carbonyl (C=O) groups excluding carboxylic acids is 4. The van der Waals surface area contributed by atoms with Gasteiger partial charge in [0.15, 0.2) is 5.82 Å². The highest BCUT2D eigenvalue weighted by Gasteiger charge is 2.34. The van der Waals surface area contributed by atoms with Crippen LogP contribution in [-0.2, 0) is 19.8 Å². The molecular weight excluding hydrogens is 881 g/mol. The molecule has 0 radical (unpaired) electrons. The maximum atomic E-state index is 15.8. The second-order valence-corrected chi connectivity index (χ2v) is 19.2. The summed E-state index contributed by atoms with van der Waals surface area (Å²) in [5, 5.41) is 5.10. The van der Waals surface area contributed by atoms with Crippen LogP contribution in [0, 0.1) is 23.4 Å². The number of rotatable bonds is 12. The Morgan fingerprint density at radius 3 is 2.27 bits per heavy atom. The summed E-state index contributed by atoms with van der Waals surface area (Å²) in [7, 11) is -4.36. The summed E-state index contributed by atoms with van der Waals surface area (Å²) < 4.78 is 87.8. The number of carbonyl (C=O) groups is 4. The topological polar surface area (TPSA) is 177 Å². The van der Waals surface area contributed by atoms with Crippen LogP contribution in [0.3, 0.4) is 0 Å². The molecule has 0 aliphatic carbocycles. The molecule has 4 N–H and O–H groups in total. The molecule has 2 aromatic heterocycles. The van der Waals surface area contributed by atoms with Gasteiger partial charge in [0, 0.05) is 73.7 Å². The van der Waals surface area contributed by atoms with Crippen LogP contribution in [0.15, 0.2) is 73.1 Å². The number of ketones is 1. The van der Waals surface area contributed by atoms with Gasteiger partial charge in [-0.05, 0) is 117 Å². The molecule has 4 aliphatic rings. The van der Waals surface area contributed by atoms with Crippen molar-refractivity contribution in [1.29, 1.82) is 0 Å². The summed E-state index contributed by atoms with van der Waals surface area (Å²) in [6, 6.07) is 15.1. The normalized spacial score (nSPS) is 20.5. The third-order valence-electron chi connectivity index (χ3n) is 13.3. The second kappa shape index (κ2) is 18.6. The van der Waals surface area contributed by atoms with Crippen molar-refractivity contribution in [3.8, 4) is 11.1 Å². The van der Waals surface area contributed by atoms with Crippen molar-refractivity contribution < 1.29 is 45.2 Å². The minimum atomic E-state index is -4.36. The molecule has 19 heteroatoms. The first-order chi connectivity index (χ1) is 31.7. The van der Waals surface area contributed by atoms with Crippen molar-refractivity contribution in [2.75, 3.05) is 55.4 Å². The molecule has 4 saturated heterocycles. The van der Waals surface area contributed by atoms with E-state index in [9.17, 15) is 36.4 Å². The lowest BCUT2D eigenvalue weighted by molar-refractivity contribution is -0.134. The van der Waals surface area contributed by atoms with Gasteiger partial charge in [0.05, 0.1) is 16.8 Å². The minimum absolute atomic E-state index is 0.00298. The SMILES string of the molecule is O=C1CC[C@@H](NC(=O)c2cc(C3CCN(CC4CCN(c5ccc(-c6cnc7[nH]cc(C(=O)c8c(F)ccc(NS(=O)(=O)N9CC[C@@H](F)C9)c8F)c7c6)cc5)CC4)CC3)ccc2F)C(=O)N1. The van der Waals surface area contributed by atoms with E-state index < -0.39 is 81.2 Å². The number of H-pyrrole nitrogens is 1. The molecular formula is C47H48F4N8O6S. The highest BCUT2D eigenvalue weighted by atomic mass is 32.2. The molecule has 4 fully saturated rings. The molecule has 5 aromatic rings. The number of piperidine rings is 3. The van der Waals surface area contributed by atoms with Gasteiger partial charge < -0.3 is 20.1 Å². The van der Waals surface area contributed by atoms with E-state index in [-0.39, 0.29) is 42.9 Å². The van der Waals surface area contributed by atoms with Crippen LogP contribution >= 0.6 is 0 Å². The average Bonchev–Trinajstić information content (AvgIpc) is 3.96. The predicted molar refractivity (Wildman–Crippen MR) is 238 cm³/mol. The van der Waals surface area contributed by atoms with Crippen LogP contribution in [0.25, 0.3) is 22.2 Å². The number of nitrogens with zero attached hydrogens (tertiary/aromatic N) is 4. The van der Waals surface area contributed by atoms with E-state index in [1.807, 2.05) is 29.0 Å². The van der Waals surface area contributed by atoms with Crippen LogP contribution in [0.2, 0.25) is 0 Å². The highest BCUT2D eigenvalue weighted by Crippen LogP contribution is 2.34. The zero-order valence-corrected chi connectivity index (χ0v) is 36.6. The number of anilines is 2. The largest absolute Gasteiger partial charge is 0.372 e. The van der Waals surface area contributed by atoms with Gasteiger partial charge in [0.25, 0.3) is 5.91 Å². The fourth-order valence-electron chi connectivity index (χ4n) is 9.52. The number of halogens is 4. The fraction of sp³-hybridized carbons (Fsp3) is 0.383. The van der Waals surface area contributed by atoms with Crippen molar-refractivity contribution in [1.82, 2.24) is 29.8 Å². The van der Waals surface area contributed by atoms with Gasteiger partial charge in [-0.15, -0.1) is 0 Å². The van der Waals surface area contributed by atoms with Crippen LogP contribution in [0.4, 0.5) is 28.9 Å². The Morgan fingerprint density at radius 2 is 1.56 bits per heavy atom. The first kappa shape index (κ1) is 45.0. The van der Waals surface area contributed by atoms with Crippen LogP contribution in [0.1, 0.15) is 82.7 Å². The summed E-state index contributed by atoms with van der Waals surface area (Å²) in [6.07, 6.45) is 5.64. The van der Waals surface area contributed by atoms with Crippen LogP contribution < -0.4 is 20.3 Å². The Labute approximate surface area is 378 Å². The second-order valence-electron chi connectivity index (χ2n) is 17.6. The maximum absolute atomic E-state index is 15.8. The van der Waals surface area contributed by atoms with E-state index in [0.717, 1.165) is 91.7 Å². The molecule has 3 amide bonds. The van der Waals surface area contributed by atoms with E-state index >= 15 is 8.78 Å². The van der Waals surface area contributed by atoms with Gasteiger partial charge >= 0.3 is 10.2 Å². The lowest BCUT2D eigenvalue weighted by Gasteiger charge is -2.38. The molecule has 6 heterocycles. The first-order valence-corrected chi connectivity index (χ1v) is 23.6. The molecule has 0 bridgehead atoms. The van der Waals surface area contributed by atoms with Crippen LogP contribution in [-0.4, -0.2) is 109 Å². The molecule has 0 saturated carbocycles. The standard InChI is InChI=1S/C47H48F4N8O6S/c48-32-15-20-59(26-32)66(64,65)56-39-8-7-38(50)42(43(39)51)44(61)36-24-53-45-34(36)22-31(23-52-45)28-1-4-33(5-2-28)58-18-11-27(12-19-58)25-57-16-13-29(14-17-57)30-3-6-37(49)35(21-30)46(62)54-40-9-10-41(60)55-47(40)63/h1-8,21-24,27,29,32,40,56H,9-20,25-26H2,(H,52,53)(H,54,62)(H,55,60,63)/t32-,40-/m1/s1. The number of hydrogen-bond acceptors (Lipinski definition) is 9. The van der Waals surface area contributed by atoms with E-state index in [0.29, 0.717) is 22.5 Å². The number of fused-ring (bicyclic) bond motifs is 1. The average molecular weight is 929 g/mol. The van der Waals surface area contributed by atoms with Crippen molar-refractivity contribution in [3.05, 3.63) is 113 Å². The number of nitrogens with one attached hydrogen (secondary N) is 4. The summed E-state index contributed by atoms with van der Waals surface area (Å²) in [5.74, 6) is -5.21. The Kier molecular flexibility index (Phi) is 12.7. The zero-order chi connectivity index (χ0) is 46.3. The number of likely N-dealkylation sites (tertiary alicyclic amines) is 1. The molecule has 0 unspecified atom stereocenters. The van der Waals surface area contributed by atoms with Gasteiger partial charge in [0.2, 0.25) is 17.6 Å². The lowest BCUT2D eigenvalue weighted by atomic mass is 9.87. The van der Waals surface area contributed by atoms with Gasteiger partial charge in [-0.25, -0.2) is 22.5 Å². The number of aromatic nitrogens is 2. The number of amides is 3. The summed E-state index contributed by atoms with van der Waals surface area (Å²) in [5.41, 5.74) is 1.99. The summed E-state index contributed by atoms with van der Waals surface area (Å²) in [4.78, 5) is 62.5. The van der Waals surface area contributed by atoms with Gasteiger partial charge in [-0.1, -0.05) is 18.2 Å². The third kappa shape index (κ3) is 9.41. The van der Waals surface area contributed by atoms with Crippen molar-refractivity contribution in [3.63, 3.8) is 0 Å². The lowest BCUT2D eigenvalue weighted by Crippen LogP contribution is -2.52. The number of alkyl halides is 1.